The SMILES string of the molecule is Cc1nc2c(-c3cc4cc(CN(C)CC5CCOCC5)ccc4[nH]3)ccnc2[nH]1. The summed E-state index contributed by atoms with van der Waals surface area (Å²) in [5, 5.41) is 1.23. The second-order valence-corrected chi connectivity index (χ2v) is 8.24. The van der Waals surface area contributed by atoms with E-state index in [0.29, 0.717) is 0 Å². The van der Waals surface area contributed by atoms with Crippen molar-refractivity contribution in [3.63, 3.8) is 0 Å². The van der Waals surface area contributed by atoms with Crippen molar-refractivity contribution in [2.24, 2.45) is 5.92 Å². The molecular weight excluding hydrogens is 362 g/mol. The van der Waals surface area contributed by atoms with Crippen LogP contribution in [0.5, 0.6) is 0 Å². The van der Waals surface area contributed by atoms with Crippen molar-refractivity contribution in [2.45, 2.75) is 26.3 Å². The third-order valence-electron chi connectivity index (χ3n) is 5.84. The Balaban J connectivity index is 1.38. The Labute approximate surface area is 170 Å². The van der Waals surface area contributed by atoms with Gasteiger partial charge in [0.1, 0.15) is 11.3 Å². The van der Waals surface area contributed by atoms with Crippen molar-refractivity contribution >= 4 is 22.1 Å². The number of ether oxygens (including phenoxy) is 1. The Morgan fingerprint density at radius 3 is 2.86 bits per heavy atom. The zero-order valence-electron chi connectivity index (χ0n) is 17.0. The Morgan fingerprint density at radius 1 is 1.14 bits per heavy atom. The average molecular weight is 390 g/mol. The molecule has 1 aliphatic rings. The first kappa shape index (κ1) is 18.3. The number of benzene rings is 1. The van der Waals surface area contributed by atoms with Gasteiger partial charge in [0.25, 0.3) is 0 Å². The lowest BCUT2D eigenvalue weighted by atomic mass is 9.99. The fourth-order valence-electron chi connectivity index (χ4n) is 4.41. The smallest absolute Gasteiger partial charge is 0.158 e. The van der Waals surface area contributed by atoms with Crippen molar-refractivity contribution in [2.75, 3.05) is 26.8 Å². The number of aromatic amines is 2. The van der Waals surface area contributed by atoms with Crippen molar-refractivity contribution < 1.29 is 4.74 Å². The van der Waals surface area contributed by atoms with E-state index in [-0.39, 0.29) is 0 Å². The molecule has 0 atom stereocenters. The molecule has 6 nitrogen and oxygen atoms in total. The van der Waals surface area contributed by atoms with Gasteiger partial charge in [-0.1, -0.05) is 6.07 Å². The topological polar surface area (TPSA) is 69.8 Å². The number of aromatic nitrogens is 4. The maximum atomic E-state index is 5.48. The highest BCUT2D eigenvalue weighted by molar-refractivity contribution is 5.94. The van der Waals surface area contributed by atoms with Gasteiger partial charge in [-0.25, -0.2) is 9.97 Å². The predicted octanol–water partition coefficient (Wildman–Crippen LogP) is 4.27. The lowest BCUT2D eigenvalue weighted by molar-refractivity contribution is 0.0549. The van der Waals surface area contributed by atoms with Gasteiger partial charge in [0.15, 0.2) is 5.65 Å². The van der Waals surface area contributed by atoms with Crippen LogP contribution in [-0.2, 0) is 11.3 Å². The van der Waals surface area contributed by atoms with Crippen molar-refractivity contribution in [1.82, 2.24) is 24.8 Å². The fraction of sp³-hybridized carbons (Fsp3) is 0.391. The van der Waals surface area contributed by atoms with Gasteiger partial charge in [-0.3, -0.25) is 0 Å². The van der Waals surface area contributed by atoms with Crippen LogP contribution in [0.3, 0.4) is 0 Å². The summed E-state index contributed by atoms with van der Waals surface area (Å²) in [4.78, 5) is 18.2. The summed E-state index contributed by atoms with van der Waals surface area (Å²) in [6, 6.07) is 10.9. The minimum absolute atomic E-state index is 0.753. The minimum atomic E-state index is 0.753. The number of imidazole rings is 1. The summed E-state index contributed by atoms with van der Waals surface area (Å²) in [5.41, 5.74) is 6.38. The van der Waals surface area contributed by atoms with Gasteiger partial charge in [-0.05, 0) is 62.6 Å². The zero-order chi connectivity index (χ0) is 19.8. The lowest BCUT2D eigenvalue weighted by Crippen LogP contribution is -2.29. The highest BCUT2D eigenvalue weighted by Gasteiger charge is 2.16. The van der Waals surface area contributed by atoms with Gasteiger partial charge < -0.3 is 19.6 Å². The van der Waals surface area contributed by atoms with Crippen molar-refractivity contribution in [3.05, 3.63) is 47.9 Å². The van der Waals surface area contributed by atoms with E-state index in [0.717, 1.165) is 66.0 Å². The third-order valence-corrected chi connectivity index (χ3v) is 5.84. The van der Waals surface area contributed by atoms with E-state index < -0.39 is 0 Å². The van der Waals surface area contributed by atoms with Crippen LogP contribution < -0.4 is 0 Å². The molecule has 4 aromatic rings. The number of hydrogen-bond acceptors (Lipinski definition) is 4. The van der Waals surface area contributed by atoms with E-state index in [1.165, 1.54) is 23.8 Å². The second-order valence-electron chi connectivity index (χ2n) is 8.24. The first-order valence-electron chi connectivity index (χ1n) is 10.4. The lowest BCUT2D eigenvalue weighted by Gasteiger charge is -2.27. The molecule has 1 fully saturated rings. The minimum Gasteiger partial charge on any atom is -0.381 e. The van der Waals surface area contributed by atoms with E-state index in [9.17, 15) is 0 Å². The van der Waals surface area contributed by atoms with Crippen LogP contribution >= 0.6 is 0 Å². The van der Waals surface area contributed by atoms with Crippen LogP contribution in [0.4, 0.5) is 0 Å². The predicted molar refractivity (Wildman–Crippen MR) is 116 cm³/mol. The summed E-state index contributed by atoms with van der Waals surface area (Å²) >= 11 is 0. The molecule has 3 aromatic heterocycles. The number of rotatable bonds is 5. The normalized spacial score (nSPS) is 15.7. The van der Waals surface area contributed by atoms with Crippen LogP contribution in [0.15, 0.2) is 36.5 Å². The molecule has 0 unspecified atom stereocenters. The Bertz CT molecular complexity index is 1140. The van der Waals surface area contributed by atoms with Gasteiger partial charge in [0, 0.05) is 54.7 Å². The first-order chi connectivity index (χ1) is 14.2. The van der Waals surface area contributed by atoms with E-state index in [4.69, 9.17) is 4.74 Å². The van der Waals surface area contributed by atoms with Crippen LogP contribution in [0.1, 0.15) is 24.2 Å². The van der Waals surface area contributed by atoms with Gasteiger partial charge in [0.05, 0.1) is 0 Å². The number of hydrogen-bond donors (Lipinski definition) is 2. The van der Waals surface area contributed by atoms with E-state index >= 15 is 0 Å². The highest BCUT2D eigenvalue weighted by atomic mass is 16.5. The molecule has 0 amide bonds. The summed E-state index contributed by atoms with van der Waals surface area (Å²) in [6.45, 7) is 5.88. The van der Waals surface area contributed by atoms with Crippen LogP contribution in [0, 0.1) is 12.8 Å². The second kappa shape index (κ2) is 7.61. The molecule has 0 spiro atoms. The maximum absolute atomic E-state index is 5.48. The first-order valence-corrected chi connectivity index (χ1v) is 10.4. The molecule has 150 valence electrons. The number of nitrogens with zero attached hydrogens (tertiary/aromatic N) is 3. The molecule has 1 aromatic carbocycles. The van der Waals surface area contributed by atoms with Gasteiger partial charge in [-0.15, -0.1) is 0 Å². The zero-order valence-corrected chi connectivity index (χ0v) is 17.0. The number of pyridine rings is 1. The molecule has 29 heavy (non-hydrogen) atoms. The number of nitrogens with one attached hydrogen (secondary N) is 2. The van der Waals surface area contributed by atoms with Gasteiger partial charge in [0.2, 0.25) is 0 Å². The van der Waals surface area contributed by atoms with Crippen LogP contribution in [0.25, 0.3) is 33.3 Å². The average Bonchev–Trinajstić information content (AvgIpc) is 3.30. The van der Waals surface area contributed by atoms with Gasteiger partial charge >= 0.3 is 0 Å². The molecule has 1 aliphatic heterocycles. The molecular formula is C23H27N5O. The fourth-order valence-corrected chi connectivity index (χ4v) is 4.41. The molecule has 1 saturated heterocycles. The summed E-state index contributed by atoms with van der Waals surface area (Å²) in [7, 11) is 2.22. The summed E-state index contributed by atoms with van der Waals surface area (Å²) in [5.74, 6) is 1.63. The molecule has 0 bridgehead atoms. The van der Waals surface area contributed by atoms with E-state index in [2.05, 4.69) is 56.1 Å². The van der Waals surface area contributed by atoms with Crippen LogP contribution in [0.2, 0.25) is 0 Å². The van der Waals surface area contributed by atoms with E-state index in [1.807, 2.05) is 19.2 Å². The maximum Gasteiger partial charge on any atom is 0.158 e. The standard InChI is InChI=1S/C23H27N5O/c1-15-25-22-19(5-8-24-23(22)26-15)21-12-18-11-17(3-4-20(18)27-21)14-28(2)13-16-6-9-29-10-7-16/h3-5,8,11-12,16,27H,6-7,9-10,13-14H2,1-2H3,(H,24,25,26). The molecule has 5 rings (SSSR count). The highest BCUT2D eigenvalue weighted by Crippen LogP contribution is 2.29. The Hall–Kier alpha value is -2.70. The number of aryl methyl sites for hydroxylation is 1. The molecule has 2 N–H and O–H groups in total. The number of fused-ring (bicyclic) bond motifs is 2. The largest absolute Gasteiger partial charge is 0.381 e. The molecule has 4 heterocycles. The summed E-state index contributed by atoms with van der Waals surface area (Å²) < 4.78 is 5.48. The summed E-state index contributed by atoms with van der Waals surface area (Å²) in [6.07, 6.45) is 4.19. The quantitative estimate of drug-likeness (QED) is 0.535. The van der Waals surface area contributed by atoms with Crippen molar-refractivity contribution in [1.29, 1.82) is 0 Å². The van der Waals surface area contributed by atoms with Crippen molar-refractivity contribution in [3.8, 4) is 11.3 Å². The Kier molecular flexibility index (Phi) is 4.81. The molecule has 0 aliphatic carbocycles. The van der Waals surface area contributed by atoms with Gasteiger partial charge in [-0.2, -0.15) is 0 Å². The number of H-pyrrole nitrogens is 2. The molecule has 0 saturated carbocycles. The Morgan fingerprint density at radius 2 is 2.00 bits per heavy atom. The third kappa shape index (κ3) is 3.78. The molecule has 6 heteroatoms. The monoisotopic (exact) mass is 389 g/mol. The van der Waals surface area contributed by atoms with E-state index in [1.54, 1.807) is 0 Å². The molecule has 0 radical (unpaired) electrons. The van der Waals surface area contributed by atoms with Crippen LogP contribution in [-0.4, -0.2) is 51.6 Å².